The fraction of sp³-hybridized carbons (Fsp3) is 0.765. The molecule has 0 heterocycles. The molecule has 7 N–H and O–H groups in total. The molecule has 0 saturated heterocycles. The highest BCUT2D eigenvalue weighted by atomic mass is 32.1. The SMILES string of the molecule is CC(C)C(NC(=O)C(NC(=O)C(CS)NC(=O)C(N)C(C)O)C(C)C)C(=O)O. The Morgan fingerprint density at radius 1 is 0.857 bits per heavy atom. The molecule has 0 aliphatic heterocycles. The number of carbonyl (C=O) groups excluding carboxylic acids is 3. The van der Waals surface area contributed by atoms with Gasteiger partial charge in [0, 0.05) is 5.75 Å². The third-order valence-corrected chi connectivity index (χ3v) is 4.48. The lowest BCUT2D eigenvalue weighted by atomic mass is 10.00. The molecule has 11 heteroatoms. The van der Waals surface area contributed by atoms with Crippen LogP contribution in [0.5, 0.6) is 0 Å². The summed E-state index contributed by atoms with van der Waals surface area (Å²) < 4.78 is 0. The summed E-state index contributed by atoms with van der Waals surface area (Å²) >= 11 is 4.03. The van der Waals surface area contributed by atoms with E-state index in [-0.39, 0.29) is 17.6 Å². The molecule has 28 heavy (non-hydrogen) atoms. The zero-order chi connectivity index (χ0) is 22.2. The van der Waals surface area contributed by atoms with Crippen LogP contribution in [-0.2, 0) is 19.2 Å². The van der Waals surface area contributed by atoms with Gasteiger partial charge in [-0.05, 0) is 18.8 Å². The lowest BCUT2D eigenvalue weighted by Gasteiger charge is -2.27. The van der Waals surface area contributed by atoms with Crippen molar-refractivity contribution in [3.63, 3.8) is 0 Å². The van der Waals surface area contributed by atoms with E-state index < -0.39 is 54.0 Å². The van der Waals surface area contributed by atoms with Gasteiger partial charge >= 0.3 is 5.97 Å². The minimum absolute atomic E-state index is 0.0692. The van der Waals surface area contributed by atoms with Crippen molar-refractivity contribution in [3.05, 3.63) is 0 Å². The molecule has 0 aliphatic carbocycles. The van der Waals surface area contributed by atoms with Gasteiger partial charge in [0.15, 0.2) is 0 Å². The number of carboxylic acid groups (broad SMARTS) is 1. The summed E-state index contributed by atoms with van der Waals surface area (Å²) in [5.41, 5.74) is 5.53. The summed E-state index contributed by atoms with van der Waals surface area (Å²) in [4.78, 5) is 48.3. The molecule has 5 unspecified atom stereocenters. The lowest BCUT2D eigenvalue weighted by molar-refractivity contribution is -0.143. The van der Waals surface area contributed by atoms with Gasteiger partial charge in [-0.15, -0.1) is 0 Å². The predicted molar refractivity (Wildman–Crippen MR) is 107 cm³/mol. The molecule has 3 amide bonds. The molecule has 0 fully saturated rings. The molecule has 162 valence electrons. The van der Waals surface area contributed by atoms with Crippen molar-refractivity contribution in [2.24, 2.45) is 17.6 Å². The lowest BCUT2D eigenvalue weighted by Crippen LogP contribution is -2.60. The topological polar surface area (TPSA) is 171 Å². The largest absolute Gasteiger partial charge is 0.480 e. The number of carboxylic acids is 1. The average Bonchev–Trinajstić information content (AvgIpc) is 2.59. The summed E-state index contributed by atoms with van der Waals surface area (Å²) in [5.74, 6) is -4.00. The van der Waals surface area contributed by atoms with Crippen molar-refractivity contribution < 1.29 is 29.4 Å². The molecule has 0 aromatic heterocycles. The van der Waals surface area contributed by atoms with E-state index >= 15 is 0 Å². The monoisotopic (exact) mass is 420 g/mol. The number of amides is 3. The normalized spacial score (nSPS) is 16.6. The number of rotatable bonds is 11. The fourth-order valence-corrected chi connectivity index (χ4v) is 2.48. The third-order valence-electron chi connectivity index (χ3n) is 4.12. The first-order valence-corrected chi connectivity index (χ1v) is 9.65. The quantitative estimate of drug-likeness (QED) is 0.199. The van der Waals surface area contributed by atoms with Crippen LogP contribution in [-0.4, -0.2) is 69.9 Å². The molecular weight excluding hydrogens is 388 g/mol. The number of nitrogens with one attached hydrogen (secondary N) is 3. The zero-order valence-corrected chi connectivity index (χ0v) is 17.7. The second kappa shape index (κ2) is 11.9. The molecule has 0 aromatic carbocycles. The first-order valence-electron chi connectivity index (χ1n) is 9.01. The fourth-order valence-electron chi connectivity index (χ4n) is 2.23. The van der Waals surface area contributed by atoms with E-state index in [1.165, 1.54) is 6.92 Å². The van der Waals surface area contributed by atoms with Gasteiger partial charge in [-0.25, -0.2) is 4.79 Å². The standard InChI is InChI=1S/C17H32N4O6S/c1-7(2)12(16(25)21-13(8(3)4)17(26)27)20-14(23)10(6-28)19-15(24)11(18)9(5)22/h7-13,22,28H,6,18H2,1-5H3,(H,19,24)(H,20,23)(H,21,25)(H,26,27). The van der Waals surface area contributed by atoms with Gasteiger partial charge in [0.1, 0.15) is 24.2 Å². The van der Waals surface area contributed by atoms with Crippen LogP contribution >= 0.6 is 12.6 Å². The van der Waals surface area contributed by atoms with Gasteiger partial charge in [-0.2, -0.15) is 12.6 Å². The van der Waals surface area contributed by atoms with E-state index in [0.29, 0.717) is 0 Å². The highest BCUT2D eigenvalue weighted by Crippen LogP contribution is 2.07. The number of hydrogen-bond acceptors (Lipinski definition) is 7. The molecule has 5 atom stereocenters. The highest BCUT2D eigenvalue weighted by molar-refractivity contribution is 7.80. The van der Waals surface area contributed by atoms with Crippen molar-refractivity contribution in [1.29, 1.82) is 0 Å². The number of aliphatic hydroxyl groups is 1. The van der Waals surface area contributed by atoms with Crippen molar-refractivity contribution in [3.8, 4) is 0 Å². The Balaban J connectivity index is 5.20. The van der Waals surface area contributed by atoms with Crippen LogP contribution in [0.25, 0.3) is 0 Å². The minimum Gasteiger partial charge on any atom is -0.480 e. The maximum Gasteiger partial charge on any atom is 0.326 e. The Morgan fingerprint density at radius 2 is 1.32 bits per heavy atom. The molecule has 0 saturated carbocycles. The molecule has 0 aromatic rings. The Kier molecular flexibility index (Phi) is 11.1. The highest BCUT2D eigenvalue weighted by Gasteiger charge is 2.32. The summed E-state index contributed by atoms with van der Waals surface area (Å²) in [7, 11) is 0. The van der Waals surface area contributed by atoms with Gasteiger partial charge < -0.3 is 31.9 Å². The third kappa shape index (κ3) is 8.03. The number of hydrogen-bond donors (Lipinski definition) is 7. The number of aliphatic hydroxyl groups excluding tert-OH is 1. The summed E-state index contributed by atoms with van der Waals surface area (Å²) in [5, 5.41) is 25.9. The maximum atomic E-state index is 12.5. The molecule has 0 spiro atoms. The van der Waals surface area contributed by atoms with Gasteiger partial charge in [0.05, 0.1) is 6.10 Å². The van der Waals surface area contributed by atoms with Crippen LogP contribution < -0.4 is 21.7 Å². The number of thiol groups is 1. The van der Waals surface area contributed by atoms with Crippen molar-refractivity contribution in [2.75, 3.05) is 5.75 Å². The van der Waals surface area contributed by atoms with Crippen LogP contribution in [0, 0.1) is 11.8 Å². The van der Waals surface area contributed by atoms with Gasteiger partial charge in [0.2, 0.25) is 17.7 Å². The van der Waals surface area contributed by atoms with Crippen molar-refractivity contribution in [1.82, 2.24) is 16.0 Å². The van der Waals surface area contributed by atoms with E-state index in [1.807, 2.05) is 0 Å². The van der Waals surface area contributed by atoms with Crippen LogP contribution in [0.2, 0.25) is 0 Å². The van der Waals surface area contributed by atoms with Crippen molar-refractivity contribution >= 4 is 36.3 Å². The smallest absolute Gasteiger partial charge is 0.326 e. The number of nitrogens with two attached hydrogens (primary N) is 1. The molecular formula is C17H32N4O6S. The number of carbonyl (C=O) groups is 4. The van der Waals surface area contributed by atoms with Crippen LogP contribution in [0.1, 0.15) is 34.6 Å². The Labute approximate surface area is 170 Å². The zero-order valence-electron chi connectivity index (χ0n) is 16.8. The number of aliphatic carboxylic acids is 1. The Bertz CT molecular complexity index is 570. The summed E-state index contributed by atoms with van der Waals surface area (Å²) in [6.07, 6.45) is -1.11. The predicted octanol–water partition coefficient (Wildman–Crippen LogP) is -1.52. The van der Waals surface area contributed by atoms with E-state index in [2.05, 4.69) is 28.6 Å². The van der Waals surface area contributed by atoms with E-state index in [1.54, 1.807) is 27.7 Å². The molecule has 0 aliphatic rings. The molecule has 10 nitrogen and oxygen atoms in total. The first-order chi connectivity index (χ1) is 12.8. The van der Waals surface area contributed by atoms with Crippen LogP contribution in [0.3, 0.4) is 0 Å². The molecule has 0 radical (unpaired) electrons. The van der Waals surface area contributed by atoms with Gasteiger partial charge in [0.25, 0.3) is 0 Å². The second-order valence-electron chi connectivity index (χ2n) is 7.31. The van der Waals surface area contributed by atoms with Gasteiger partial charge in [-0.1, -0.05) is 27.7 Å². The Hall–Kier alpha value is -1.85. The molecule has 0 bridgehead atoms. The van der Waals surface area contributed by atoms with E-state index in [9.17, 15) is 29.4 Å². The van der Waals surface area contributed by atoms with E-state index in [4.69, 9.17) is 5.73 Å². The first kappa shape index (κ1) is 26.1. The van der Waals surface area contributed by atoms with Crippen LogP contribution in [0.15, 0.2) is 0 Å². The second-order valence-corrected chi connectivity index (χ2v) is 7.67. The molecule has 0 rings (SSSR count). The maximum absolute atomic E-state index is 12.5. The summed E-state index contributed by atoms with van der Waals surface area (Å²) in [6.45, 7) is 8.02. The minimum atomic E-state index is -1.22. The van der Waals surface area contributed by atoms with Crippen LogP contribution in [0.4, 0.5) is 0 Å². The van der Waals surface area contributed by atoms with Gasteiger partial charge in [-0.3, -0.25) is 14.4 Å². The van der Waals surface area contributed by atoms with Crippen molar-refractivity contribution in [2.45, 2.75) is 64.9 Å². The average molecular weight is 421 g/mol. The Morgan fingerprint density at radius 3 is 1.68 bits per heavy atom. The summed E-state index contributed by atoms with van der Waals surface area (Å²) in [6, 6.07) is -4.43. The van der Waals surface area contributed by atoms with E-state index in [0.717, 1.165) is 0 Å².